The number of nitrogens with two attached hydrogens (primary N) is 1. The van der Waals surface area contributed by atoms with E-state index in [4.69, 9.17) is 11.0 Å². The molecule has 0 aliphatic carbocycles. The van der Waals surface area contributed by atoms with Crippen molar-refractivity contribution >= 4 is 5.91 Å². The van der Waals surface area contributed by atoms with Gasteiger partial charge in [-0.15, -0.1) is 0 Å². The molecular weight excluding hydrogens is 198 g/mol. The number of hydrogen-bond acceptors (Lipinski definition) is 5. The van der Waals surface area contributed by atoms with Gasteiger partial charge < -0.3 is 20.6 Å². The topological polar surface area (TPSA) is 96.6 Å². The second-order valence-electron chi connectivity index (χ2n) is 2.67. The zero-order valence-corrected chi connectivity index (χ0v) is 9.91. The molecule has 0 aromatic carbocycles. The quantitative estimate of drug-likeness (QED) is 0.340. The molecule has 0 saturated heterocycles. The van der Waals surface area contributed by atoms with Crippen molar-refractivity contribution < 1.29 is 14.7 Å². The van der Waals surface area contributed by atoms with Gasteiger partial charge in [0.05, 0.1) is 12.7 Å². The van der Waals surface area contributed by atoms with Gasteiger partial charge in [0.15, 0.2) is 0 Å². The molecule has 15 heavy (non-hydrogen) atoms. The highest BCUT2D eigenvalue weighted by molar-refractivity contribution is 5.82. The molecule has 2 atom stereocenters. The summed E-state index contributed by atoms with van der Waals surface area (Å²) >= 11 is 0. The maximum absolute atomic E-state index is 11.3. The van der Waals surface area contributed by atoms with Crippen molar-refractivity contribution in [3.63, 3.8) is 0 Å². The van der Waals surface area contributed by atoms with Gasteiger partial charge in [0.2, 0.25) is 5.91 Å². The van der Waals surface area contributed by atoms with Crippen LogP contribution in [0.4, 0.5) is 0 Å². The van der Waals surface area contributed by atoms with Gasteiger partial charge >= 0.3 is 0 Å². The Labute approximate surface area is 91.1 Å². The number of aliphatic hydroxyl groups is 1. The molecule has 2 unspecified atom stereocenters. The third kappa shape index (κ3) is 8.31. The maximum Gasteiger partial charge on any atom is 0.239 e. The van der Waals surface area contributed by atoms with Crippen LogP contribution in [0, 0.1) is 0 Å². The molecule has 0 bridgehead atoms. The Kier molecular flexibility index (Phi) is 12.7. The van der Waals surface area contributed by atoms with Gasteiger partial charge in [0.25, 0.3) is 0 Å². The van der Waals surface area contributed by atoms with Gasteiger partial charge in [0, 0.05) is 6.54 Å². The molecule has 0 aliphatic rings. The van der Waals surface area contributed by atoms with E-state index in [2.05, 4.69) is 15.5 Å². The second-order valence-corrected chi connectivity index (χ2v) is 2.67. The number of nitrogens with one attached hydrogen (secondary N) is 2. The number of carbonyl (C=O) groups excluding carboxylic acids is 1. The van der Waals surface area contributed by atoms with E-state index < -0.39 is 12.1 Å². The van der Waals surface area contributed by atoms with Crippen LogP contribution in [-0.4, -0.2) is 43.4 Å². The fraction of sp³-hybridized carbons (Fsp3) is 0.889. The van der Waals surface area contributed by atoms with Crippen LogP contribution in [0.5, 0.6) is 0 Å². The first kappa shape index (κ1) is 16.7. The lowest BCUT2D eigenvalue weighted by Crippen LogP contribution is -2.49. The van der Waals surface area contributed by atoms with E-state index in [1.54, 1.807) is 14.0 Å². The van der Waals surface area contributed by atoms with Gasteiger partial charge in [-0.05, 0) is 14.0 Å². The number of aliphatic hydroxyl groups excluding tert-OH is 1. The average molecular weight is 221 g/mol. The molecule has 0 aromatic rings. The molecule has 0 aliphatic heterocycles. The molecule has 0 fully saturated rings. The SMILES string of the molecule is CC.CNC(C(=O)NCCON)C(C)O. The van der Waals surface area contributed by atoms with E-state index in [9.17, 15) is 4.79 Å². The van der Waals surface area contributed by atoms with E-state index in [1.165, 1.54) is 0 Å². The lowest BCUT2D eigenvalue weighted by molar-refractivity contribution is -0.125. The summed E-state index contributed by atoms with van der Waals surface area (Å²) in [5.41, 5.74) is 0. The predicted octanol–water partition coefficient (Wildman–Crippen LogP) is -1.01. The first-order valence-corrected chi connectivity index (χ1v) is 5.08. The number of carbonyl (C=O) groups is 1. The second kappa shape index (κ2) is 11.4. The zero-order valence-electron chi connectivity index (χ0n) is 9.91. The molecule has 0 rings (SSSR count). The molecule has 5 N–H and O–H groups in total. The van der Waals surface area contributed by atoms with E-state index in [1.807, 2.05) is 13.8 Å². The molecular formula is C9H23N3O3. The smallest absolute Gasteiger partial charge is 0.239 e. The van der Waals surface area contributed by atoms with E-state index in [0.717, 1.165) is 0 Å². The molecule has 0 heterocycles. The minimum absolute atomic E-state index is 0.252. The van der Waals surface area contributed by atoms with Crippen molar-refractivity contribution in [3.8, 4) is 0 Å². The van der Waals surface area contributed by atoms with Crippen LogP contribution in [0.2, 0.25) is 0 Å². The van der Waals surface area contributed by atoms with Gasteiger partial charge in [-0.3, -0.25) is 4.79 Å². The number of hydrogen-bond donors (Lipinski definition) is 4. The van der Waals surface area contributed by atoms with Gasteiger partial charge in [0.1, 0.15) is 6.04 Å². The van der Waals surface area contributed by atoms with E-state index in [-0.39, 0.29) is 12.5 Å². The Hall–Kier alpha value is -0.690. The summed E-state index contributed by atoms with van der Waals surface area (Å²) in [5, 5.41) is 14.4. The Morgan fingerprint density at radius 1 is 1.53 bits per heavy atom. The third-order valence-corrected chi connectivity index (χ3v) is 1.60. The summed E-state index contributed by atoms with van der Waals surface area (Å²) < 4.78 is 0. The van der Waals surface area contributed by atoms with Crippen LogP contribution in [0.1, 0.15) is 20.8 Å². The third-order valence-electron chi connectivity index (χ3n) is 1.60. The van der Waals surface area contributed by atoms with Crippen LogP contribution < -0.4 is 16.5 Å². The predicted molar refractivity (Wildman–Crippen MR) is 59.0 cm³/mol. The minimum atomic E-state index is -0.733. The maximum atomic E-state index is 11.3. The molecule has 6 heteroatoms. The van der Waals surface area contributed by atoms with E-state index >= 15 is 0 Å². The molecule has 0 aromatic heterocycles. The summed E-state index contributed by atoms with van der Waals surface area (Å²) in [6, 6.07) is -0.599. The Bertz CT molecular complexity index is 154. The standard InChI is InChI=1S/C7H17N3O3.C2H6/c1-5(11)6(9-2)7(12)10-3-4-13-8;1-2/h5-6,9,11H,3-4,8H2,1-2H3,(H,10,12);1-2H3. The molecule has 6 nitrogen and oxygen atoms in total. The number of likely N-dealkylation sites (N-methyl/N-ethyl adjacent to an activating group) is 1. The Morgan fingerprint density at radius 2 is 2.07 bits per heavy atom. The molecule has 0 saturated carbocycles. The van der Waals surface area contributed by atoms with Crippen LogP contribution in [0.15, 0.2) is 0 Å². The monoisotopic (exact) mass is 221 g/mol. The van der Waals surface area contributed by atoms with Crippen molar-refractivity contribution in [2.45, 2.75) is 32.9 Å². The first-order chi connectivity index (χ1) is 7.13. The fourth-order valence-electron chi connectivity index (χ4n) is 0.934. The summed E-state index contributed by atoms with van der Waals surface area (Å²) in [7, 11) is 1.61. The highest BCUT2D eigenvalue weighted by Crippen LogP contribution is 1.91. The van der Waals surface area contributed by atoms with Crippen molar-refractivity contribution in [3.05, 3.63) is 0 Å². The van der Waals surface area contributed by atoms with Crippen molar-refractivity contribution in [1.29, 1.82) is 0 Å². The summed E-state index contributed by atoms with van der Waals surface area (Å²) in [4.78, 5) is 15.5. The minimum Gasteiger partial charge on any atom is -0.391 e. The number of rotatable bonds is 6. The summed E-state index contributed by atoms with van der Waals surface area (Å²) in [6.07, 6.45) is -0.733. The van der Waals surface area contributed by atoms with Crippen LogP contribution in [0.3, 0.4) is 0 Å². The van der Waals surface area contributed by atoms with Crippen molar-refractivity contribution in [1.82, 2.24) is 10.6 Å². The Balaban J connectivity index is 0. The Morgan fingerprint density at radius 3 is 2.40 bits per heavy atom. The van der Waals surface area contributed by atoms with E-state index in [0.29, 0.717) is 6.54 Å². The number of amides is 1. The first-order valence-electron chi connectivity index (χ1n) is 5.08. The van der Waals surface area contributed by atoms with Crippen molar-refractivity contribution in [2.75, 3.05) is 20.2 Å². The van der Waals surface area contributed by atoms with Gasteiger partial charge in [-0.25, -0.2) is 5.90 Å². The zero-order chi connectivity index (χ0) is 12.3. The summed E-state index contributed by atoms with van der Waals surface area (Å²) in [5.74, 6) is 4.50. The highest BCUT2D eigenvalue weighted by Gasteiger charge is 2.20. The van der Waals surface area contributed by atoms with Crippen molar-refractivity contribution in [2.24, 2.45) is 5.90 Å². The largest absolute Gasteiger partial charge is 0.391 e. The lowest BCUT2D eigenvalue weighted by Gasteiger charge is -2.18. The fourth-order valence-corrected chi connectivity index (χ4v) is 0.934. The molecule has 1 amide bonds. The van der Waals surface area contributed by atoms with Crippen LogP contribution in [-0.2, 0) is 9.63 Å². The summed E-state index contributed by atoms with van der Waals surface area (Å²) in [6.45, 7) is 6.13. The lowest BCUT2D eigenvalue weighted by atomic mass is 10.2. The normalized spacial score (nSPS) is 13.5. The van der Waals surface area contributed by atoms with Crippen LogP contribution in [0.25, 0.3) is 0 Å². The van der Waals surface area contributed by atoms with Crippen LogP contribution >= 0.6 is 0 Å². The highest BCUT2D eigenvalue weighted by atomic mass is 16.6. The van der Waals surface area contributed by atoms with Gasteiger partial charge in [-0.2, -0.15) is 0 Å². The van der Waals surface area contributed by atoms with Gasteiger partial charge in [-0.1, -0.05) is 13.8 Å². The molecule has 0 spiro atoms. The average Bonchev–Trinajstić information content (AvgIpc) is 2.21. The molecule has 0 radical (unpaired) electrons. The molecule has 92 valence electrons.